The molecule has 1 aliphatic carbocycles. The van der Waals surface area contributed by atoms with Crippen molar-refractivity contribution in [2.45, 2.75) is 51.2 Å². The number of hydrogen-bond acceptors (Lipinski definition) is 4. The summed E-state index contributed by atoms with van der Waals surface area (Å²) in [6, 6.07) is 0.262. The summed E-state index contributed by atoms with van der Waals surface area (Å²) in [4.78, 5) is 0. The summed E-state index contributed by atoms with van der Waals surface area (Å²) < 4.78 is 28.1. The molecular weight excluding hydrogens is 226 g/mol. The van der Waals surface area contributed by atoms with Crippen molar-refractivity contribution in [3.05, 3.63) is 0 Å². The van der Waals surface area contributed by atoms with Gasteiger partial charge in [0.2, 0.25) is 0 Å². The van der Waals surface area contributed by atoms with Gasteiger partial charge < -0.3 is 10.5 Å². The van der Waals surface area contributed by atoms with Gasteiger partial charge >= 0.3 is 0 Å². The van der Waals surface area contributed by atoms with Gasteiger partial charge in [-0.2, -0.15) is 0 Å². The molecule has 1 aliphatic rings. The van der Waals surface area contributed by atoms with Crippen molar-refractivity contribution in [1.82, 2.24) is 0 Å². The Morgan fingerprint density at radius 1 is 1.38 bits per heavy atom. The number of ether oxygens (including phenoxy) is 1. The van der Waals surface area contributed by atoms with Crippen molar-refractivity contribution in [1.29, 1.82) is 0 Å². The van der Waals surface area contributed by atoms with Crippen LogP contribution in [0.5, 0.6) is 0 Å². The van der Waals surface area contributed by atoms with Crippen molar-refractivity contribution >= 4 is 9.84 Å². The van der Waals surface area contributed by atoms with Gasteiger partial charge in [-0.25, -0.2) is 8.42 Å². The van der Waals surface area contributed by atoms with Gasteiger partial charge in [-0.1, -0.05) is 6.92 Å². The summed E-state index contributed by atoms with van der Waals surface area (Å²) in [6.07, 6.45) is 5.04. The van der Waals surface area contributed by atoms with E-state index in [1.165, 1.54) is 0 Å². The smallest absolute Gasteiger partial charge is 0.150 e. The van der Waals surface area contributed by atoms with Crippen molar-refractivity contribution in [3.63, 3.8) is 0 Å². The normalized spacial score (nSPS) is 26.9. The quantitative estimate of drug-likeness (QED) is 0.716. The summed E-state index contributed by atoms with van der Waals surface area (Å²) >= 11 is 0. The summed E-state index contributed by atoms with van der Waals surface area (Å²) in [5, 5.41) is 0. The molecule has 0 aliphatic heterocycles. The predicted octanol–water partition coefficient (Wildman–Crippen LogP) is 1.10. The molecule has 1 saturated carbocycles. The Kier molecular flexibility index (Phi) is 5.72. The minimum atomic E-state index is -2.84. The molecule has 0 heterocycles. The largest absolute Gasteiger partial charge is 0.378 e. The van der Waals surface area contributed by atoms with Crippen LogP contribution in [0.4, 0.5) is 0 Å². The topological polar surface area (TPSA) is 69.4 Å². The lowest BCUT2D eigenvalue weighted by molar-refractivity contribution is 0.0242. The van der Waals surface area contributed by atoms with Crippen molar-refractivity contribution < 1.29 is 13.2 Å². The van der Waals surface area contributed by atoms with Gasteiger partial charge in [0.25, 0.3) is 0 Å². The van der Waals surface area contributed by atoms with Gasteiger partial charge in [0.15, 0.2) is 0 Å². The van der Waals surface area contributed by atoms with Gasteiger partial charge in [-0.3, -0.25) is 0 Å². The fourth-order valence-electron chi connectivity index (χ4n) is 2.01. The highest BCUT2D eigenvalue weighted by Gasteiger charge is 2.19. The molecular formula is C11H23NO3S. The maximum atomic E-state index is 11.2. The monoisotopic (exact) mass is 249 g/mol. The molecule has 0 aromatic heterocycles. The summed E-state index contributed by atoms with van der Waals surface area (Å²) in [6.45, 7) is 2.22. The minimum absolute atomic E-state index is 0.224. The Hall–Kier alpha value is -0.130. The van der Waals surface area contributed by atoms with Gasteiger partial charge in [-0.15, -0.1) is 0 Å². The Morgan fingerprint density at radius 2 is 2.12 bits per heavy atom. The molecule has 1 fully saturated rings. The highest BCUT2D eigenvalue weighted by atomic mass is 32.2. The van der Waals surface area contributed by atoms with E-state index in [1.807, 2.05) is 0 Å². The molecule has 4 nitrogen and oxygen atoms in total. The van der Waals surface area contributed by atoms with Crippen LogP contribution in [0.2, 0.25) is 0 Å². The van der Waals surface area contributed by atoms with Crippen LogP contribution in [0.15, 0.2) is 0 Å². The molecule has 2 atom stereocenters. The van der Waals surface area contributed by atoms with Gasteiger partial charge in [0, 0.05) is 18.4 Å². The highest BCUT2D eigenvalue weighted by molar-refractivity contribution is 7.91. The molecule has 0 radical (unpaired) electrons. The Bertz CT molecular complexity index is 290. The molecule has 2 N–H and O–H groups in total. The van der Waals surface area contributed by atoms with Crippen LogP contribution in [0.1, 0.15) is 39.0 Å². The van der Waals surface area contributed by atoms with Gasteiger partial charge in [0.05, 0.1) is 11.9 Å². The van der Waals surface area contributed by atoms with Crippen molar-refractivity contribution in [2.24, 2.45) is 5.73 Å². The van der Waals surface area contributed by atoms with E-state index in [4.69, 9.17) is 10.5 Å². The number of hydrogen-bond donors (Lipinski definition) is 1. The standard InChI is InChI=1S/C11H23NO3S/c1-2-16(13,14)8-4-7-15-11-6-3-5-10(12)9-11/h10-11H,2-9,12H2,1H3. The van der Waals surface area contributed by atoms with E-state index in [0.717, 1.165) is 25.7 Å². The van der Waals surface area contributed by atoms with Crippen LogP contribution in [-0.2, 0) is 14.6 Å². The third-order valence-corrected chi connectivity index (χ3v) is 4.85. The zero-order valence-corrected chi connectivity index (χ0v) is 10.8. The molecule has 16 heavy (non-hydrogen) atoms. The molecule has 0 spiro atoms. The molecule has 5 heteroatoms. The van der Waals surface area contributed by atoms with E-state index in [2.05, 4.69) is 0 Å². The lowest BCUT2D eigenvalue weighted by Crippen LogP contribution is -2.32. The molecule has 0 saturated heterocycles. The second kappa shape index (κ2) is 6.57. The Balaban J connectivity index is 2.11. The lowest BCUT2D eigenvalue weighted by Gasteiger charge is -2.26. The maximum Gasteiger partial charge on any atom is 0.150 e. The first kappa shape index (κ1) is 13.9. The van der Waals surface area contributed by atoms with E-state index < -0.39 is 9.84 Å². The summed E-state index contributed by atoms with van der Waals surface area (Å²) in [5.74, 6) is 0.462. The van der Waals surface area contributed by atoms with Crippen LogP contribution in [0, 0.1) is 0 Å². The number of nitrogens with two attached hydrogens (primary N) is 1. The van der Waals surface area contributed by atoms with E-state index >= 15 is 0 Å². The SMILES string of the molecule is CCS(=O)(=O)CCCOC1CCCC(N)C1. The third-order valence-electron chi connectivity index (χ3n) is 3.06. The fourth-order valence-corrected chi connectivity index (χ4v) is 2.85. The van der Waals surface area contributed by atoms with Crippen LogP contribution >= 0.6 is 0 Å². The second-order valence-electron chi connectivity index (χ2n) is 4.51. The number of sulfone groups is 1. The second-order valence-corrected chi connectivity index (χ2v) is 6.98. The summed E-state index contributed by atoms with van der Waals surface area (Å²) in [5.41, 5.74) is 5.84. The van der Waals surface area contributed by atoms with Crippen molar-refractivity contribution in [2.75, 3.05) is 18.1 Å². The Labute approximate surface area is 98.5 Å². The fraction of sp³-hybridized carbons (Fsp3) is 1.00. The average Bonchev–Trinajstić information content (AvgIpc) is 2.25. The minimum Gasteiger partial charge on any atom is -0.378 e. The van der Waals surface area contributed by atoms with E-state index in [-0.39, 0.29) is 23.7 Å². The van der Waals surface area contributed by atoms with Crippen LogP contribution < -0.4 is 5.73 Å². The highest BCUT2D eigenvalue weighted by Crippen LogP contribution is 2.19. The first-order valence-corrected chi connectivity index (χ1v) is 7.93. The van der Waals surface area contributed by atoms with Gasteiger partial charge in [-0.05, 0) is 32.1 Å². The first-order valence-electron chi connectivity index (χ1n) is 6.11. The Morgan fingerprint density at radius 3 is 2.75 bits per heavy atom. The lowest BCUT2D eigenvalue weighted by atomic mass is 9.94. The molecule has 0 amide bonds. The maximum absolute atomic E-state index is 11.2. The molecule has 0 aromatic rings. The molecule has 0 aromatic carbocycles. The van der Waals surface area contributed by atoms with Crippen molar-refractivity contribution in [3.8, 4) is 0 Å². The van der Waals surface area contributed by atoms with E-state index in [1.54, 1.807) is 6.92 Å². The first-order chi connectivity index (χ1) is 7.53. The van der Waals surface area contributed by atoms with Crippen LogP contribution in [0.3, 0.4) is 0 Å². The van der Waals surface area contributed by atoms with E-state index in [0.29, 0.717) is 13.0 Å². The third kappa shape index (κ3) is 5.27. The van der Waals surface area contributed by atoms with Crippen LogP contribution in [0.25, 0.3) is 0 Å². The van der Waals surface area contributed by atoms with Crippen LogP contribution in [-0.4, -0.2) is 38.7 Å². The molecule has 2 unspecified atom stereocenters. The number of rotatable bonds is 6. The average molecular weight is 249 g/mol. The molecule has 96 valence electrons. The van der Waals surface area contributed by atoms with E-state index in [9.17, 15) is 8.42 Å². The predicted molar refractivity (Wildman–Crippen MR) is 65.1 cm³/mol. The summed E-state index contributed by atoms with van der Waals surface area (Å²) in [7, 11) is -2.84. The zero-order valence-electron chi connectivity index (χ0n) is 10.0. The molecule has 1 rings (SSSR count). The van der Waals surface area contributed by atoms with Gasteiger partial charge in [0.1, 0.15) is 9.84 Å². The molecule has 0 bridgehead atoms. The zero-order chi connectivity index (χ0) is 12.0.